The summed E-state index contributed by atoms with van der Waals surface area (Å²) in [4.78, 5) is 23.9. The SMILES string of the molecule is CN(C(=O)CNCC1CC1)C(C)(C)C(=O)O. The van der Waals surface area contributed by atoms with E-state index in [0.717, 1.165) is 6.54 Å². The Morgan fingerprint density at radius 2 is 2.00 bits per heavy atom. The fraction of sp³-hybridized carbons (Fsp3) is 0.818. The number of hydrogen-bond donors (Lipinski definition) is 2. The number of amides is 1. The van der Waals surface area contributed by atoms with Crippen molar-refractivity contribution in [1.29, 1.82) is 0 Å². The molecule has 1 aliphatic carbocycles. The van der Waals surface area contributed by atoms with Crippen molar-refractivity contribution in [3.05, 3.63) is 0 Å². The standard InChI is InChI=1S/C11H20N2O3/c1-11(2,10(15)16)13(3)9(14)7-12-6-8-4-5-8/h8,12H,4-7H2,1-3H3,(H,15,16). The average molecular weight is 228 g/mol. The van der Waals surface area contributed by atoms with Crippen molar-refractivity contribution >= 4 is 11.9 Å². The molecule has 2 N–H and O–H groups in total. The van der Waals surface area contributed by atoms with E-state index in [0.29, 0.717) is 5.92 Å². The van der Waals surface area contributed by atoms with E-state index in [1.807, 2.05) is 0 Å². The maximum absolute atomic E-state index is 11.7. The number of aliphatic carboxylic acids is 1. The van der Waals surface area contributed by atoms with Crippen molar-refractivity contribution < 1.29 is 14.7 Å². The second-order valence-corrected chi connectivity index (χ2v) is 4.89. The van der Waals surface area contributed by atoms with Gasteiger partial charge in [0.05, 0.1) is 6.54 Å². The Morgan fingerprint density at radius 1 is 1.44 bits per heavy atom. The number of carboxylic acid groups (broad SMARTS) is 1. The van der Waals surface area contributed by atoms with E-state index in [1.165, 1.54) is 38.6 Å². The molecule has 0 spiro atoms. The van der Waals surface area contributed by atoms with E-state index < -0.39 is 11.5 Å². The van der Waals surface area contributed by atoms with Gasteiger partial charge in [-0.1, -0.05) is 0 Å². The largest absolute Gasteiger partial charge is 0.480 e. The van der Waals surface area contributed by atoms with Gasteiger partial charge in [-0.15, -0.1) is 0 Å². The van der Waals surface area contributed by atoms with Crippen molar-refractivity contribution in [3.8, 4) is 0 Å². The third-order valence-electron chi connectivity index (χ3n) is 3.14. The molecule has 1 amide bonds. The number of likely N-dealkylation sites (N-methyl/N-ethyl adjacent to an activating group) is 1. The van der Waals surface area contributed by atoms with E-state index in [4.69, 9.17) is 5.11 Å². The maximum atomic E-state index is 11.7. The zero-order chi connectivity index (χ0) is 12.3. The number of rotatable bonds is 6. The molecule has 0 atom stereocenters. The molecule has 1 rings (SSSR count). The minimum absolute atomic E-state index is 0.187. The molecule has 0 aromatic carbocycles. The summed E-state index contributed by atoms with van der Waals surface area (Å²) in [6.07, 6.45) is 2.47. The fourth-order valence-electron chi connectivity index (χ4n) is 1.28. The molecule has 5 nitrogen and oxygen atoms in total. The number of nitrogens with one attached hydrogen (secondary N) is 1. The number of nitrogens with zero attached hydrogens (tertiary/aromatic N) is 1. The molecule has 0 radical (unpaired) electrons. The zero-order valence-electron chi connectivity index (χ0n) is 10.1. The highest BCUT2D eigenvalue weighted by atomic mass is 16.4. The summed E-state index contributed by atoms with van der Waals surface area (Å²) >= 11 is 0. The van der Waals surface area contributed by atoms with Crippen LogP contribution in [0, 0.1) is 5.92 Å². The van der Waals surface area contributed by atoms with Crippen LogP contribution in [-0.2, 0) is 9.59 Å². The Labute approximate surface area is 95.8 Å². The first-order valence-electron chi connectivity index (χ1n) is 5.56. The van der Waals surface area contributed by atoms with Gasteiger partial charge in [0.15, 0.2) is 0 Å². The number of carbonyl (C=O) groups excluding carboxylic acids is 1. The van der Waals surface area contributed by atoms with Crippen LogP contribution in [0.5, 0.6) is 0 Å². The minimum Gasteiger partial charge on any atom is -0.480 e. The van der Waals surface area contributed by atoms with Gasteiger partial charge in [0, 0.05) is 7.05 Å². The van der Waals surface area contributed by atoms with Gasteiger partial charge in [0.25, 0.3) is 0 Å². The van der Waals surface area contributed by atoms with Crippen LogP contribution >= 0.6 is 0 Å². The maximum Gasteiger partial charge on any atom is 0.329 e. The van der Waals surface area contributed by atoms with Crippen LogP contribution in [0.1, 0.15) is 26.7 Å². The Hall–Kier alpha value is -1.10. The van der Waals surface area contributed by atoms with Crippen LogP contribution < -0.4 is 5.32 Å². The molecule has 0 bridgehead atoms. The first kappa shape index (κ1) is 13.0. The predicted molar refractivity (Wildman–Crippen MR) is 60.1 cm³/mol. The Balaban J connectivity index is 2.36. The molecule has 1 saturated carbocycles. The summed E-state index contributed by atoms with van der Waals surface area (Å²) in [6, 6.07) is 0. The second-order valence-electron chi connectivity index (χ2n) is 4.89. The van der Waals surface area contributed by atoms with Crippen LogP contribution in [0.15, 0.2) is 0 Å². The van der Waals surface area contributed by atoms with E-state index in [1.54, 1.807) is 0 Å². The van der Waals surface area contributed by atoms with Gasteiger partial charge in [-0.2, -0.15) is 0 Å². The summed E-state index contributed by atoms with van der Waals surface area (Å²) in [6.45, 7) is 4.11. The average Bonchev–Trinajstić information content (AvgIpc) is 3.00. The Morgan fingerprint density at radius 3 is 2.44 bits per heavy atom. The third kappa shape index (κ3) is 3.20. The smallest absolute Gasteiger partial charge is 0.329 e. The summed E-state index contributed by atoms with van der Waals surface area (Å²) in [7, 11) is 1.52. The van der Waals surface area contributed by atoms with Gasteiger partial charge in [-0.05, 0) is 39.2 Å². The van der Waals surface area contributed by atoms with Crippen molar-refractivity contribution in [1.82, 2.24) is 10.2 Å². The first-order valence-corrected chi connectivity index (χ1v) is 5.56. The molecule has 0 unspecified atom stereocenters. The molecule has 1 aliphatic rings. The summed E-state index contributed by atoms with van der Waals surface area (Å²) in [5, 5.41) is 12.0. The molecule has 0 aromatic heterocycles. The van der Waals surface area contributed by atoms with Gasteiger partial charge >= 0.3 is 5.97 Å². The predicted octanol–water partition coefficient (Wildman–Crippen LogP) is 0.308. The summed E-state index contributed by atoms with van der Waals surface area (Å²) in [5.74, 6) is -0.468. The van der Waals surface area contributed by atoms with Gasteiger partial charge in [0.2, 0.25) is 5.91 Å². The lowest BCUT2D eigenvalue weighted by Gasteiger charge is -2.31. The fourth-order valence-corrected chi connectivity index (χ4v) is 1.28. The van der Waals surface area contributed by atoms with Crippen LogP contribution in [0.25, 0.3) is 0 Å². The van der Waals surface area contributed by atoms with Crippen LogP contribution in [0.4, 0.5) is 0 Å². The summed E-state index contributed by atoms with van der Waals surface area (Å²) < 4.78 is 0. The highest BCUT2D eigenvalue weighted by molar-refractivity contribution is 5.87. The van der Waals surface area contributed by atoms with Gasteiger partial charge in [0.1, 0.15) is 5.54 Å². The lowest BCUT2D eigenvalue weighted by Crippen LogP contribution is -2.53. The minimum atomic E-state index is -1.15. The van der Waals surface area contributed by atoms with E-state index in [-0.39, 0.29) is 12.5 Å². The molecule has 0 saturated heterocycles. The molecule has 5 heteroatoms. The van der Waals surface area contributed by atoms with E-state index in [2.05, 4.69) is 5.32 Å². The lowest BCUT2D eigenvalue weighted by molar-refractivity contribution is -0.154. The van der Waals surface area contributed by atoms with Crippen molar-refractivity contribution in [2.24, 2.45) is 5.92 Å². The second kappa shape index (κ2) is 4.82. The molecule has 92 valence electrons. The molecule has 0 heterocycles. The third-order valence-corrected chi connectivity index (χ3v) is 3.14. The Bertz CT molecular complexity index is 285. The zero-order valence-corrected chi connectivity index (χ0v) is 10.1. The summed E-state index contributed by atoms with van der Waals surface area (Å²) in [5.41, 5.74) is -1.15. The van der Waals surface area contributed by atoms with Gasteiger partial charge in [-0.3, -0.25) is 4.79 Å². The molecule has 1 fully saturated rings. The number of hydrogen-bond acceptors (Lipinski definition) is 3. The molecule has 0 aliphatic heterocycles. The molecule has 16 heavy (non-hydrogen) atoms. The van der Waals surface area contributed by atoms with Crippen LogP contribution in [0.3, 0.4) is 0 Å². The van der Waals surface area contributed by atoms with Crippen molar-refractivity contribution in [3.63, 3.8) is 0 Å². The first-order chi connectivity index (χ1) is 7.35. The molecular formula is C11H20N2O3. The van der Waals surface area contributed by atoms with Crippen LogP contribution in [-0.4, -0.2) is 47.6 Å². The topological polar surface area (TPSA) is 69.6 Å². The van der Waals surface area contributed by atoms with Gasteiger partial charge in [-0.25, -0.2) is 4.79 Å². The number of carboxylic acids is 1. The van der Waals surface area contributed by atoms with Gasteiger partial charge < -0.3 is 15.3 Å². The Kier molecular flexibility index (Phi) is 3.91. The van der Waals surface area contributed by atoms with Crippen molar-refractivity contribution in [2.75, 3.05) is 20.1 Å². The van der Waals surface area contributed by atoms with E-state index in [9.17, 15) is 9.59 Å². The highest BCUT2D eigenvalue weighted by Gasteiger charge is 2.34. The van der Waals surface area contributed by atoms with E-state index >= 15 is 0 Å². The highest BCUT2D eigenvalue weighted by Crippen LogP contribution is 2.27. The molecular weight excluding hydrogens is 208 g/mol. The molecule has 0 aromatic rings. The number of carbonyl (C=O) groups is 2. The van der Waals surface area contributed by atoms with Crippen molar-refractivity contribution in [2.45, 2.75) is 32.2 Å². The quantitative estimate of drug-likeness (QED) is 0.686. The normalized spacial score (nSPS) is 15.9. The lowest BCUT2D eigenvalue weighted by atomic mass is 10.0. The van der Waals surface area contributed by atoms with Crippen LogP contribution in [0.2, 0.25) is 0 Å². The monoisotopic (exact) mass is 228 g/mol.